The van der Waals surface area contributed by atoms with Crippen LogP contribution in [0.1, 0.15) is 48.1 Å². The van der Waals surface area contributed by atoms with E-state index in [1.165, 1.54) is 15.3 Å². The number of thiazole rings is 1. The third-order valence-corrected chi connectivity index (χ3v) is 7.67. The molecule has 0 spiro atoms. The first-order valence-corrected chi connectivity index (χ1v) is 11.9. The van der Waals surface area contributed by atoms with Gasteiger partial charge in [0.25, 0.3) is 0 Å². The fourth-order valence-electron chi connectivity index (χ4n) is 4.16. The molecule has 2 aromatic rings. The van der Waals surface area contributed by atoms with E-state index >= 15 is 0 Å². The second-order valence-electron chi connectivity index (χ2n) is 7.75. The molecule has 0 N–H and O–H groups in total. The average molecular weight is 418 g/mol. The van der Waals surface area contributed by atoms with Crippen LogP contribution in [0.25, 0.3) is 10.6 Å². The third-order valence-electron chi connectivity index (χ3n) is 5.64. The molecular formula is C21H27N3O2S2. The Labute approximate surface area is 174 Å². The number of likely N-dealkylation sites (tertiary alicyclic amines) is 1. The summed E-state index contributed by atoms with van der Waals surface area (Å²) in [5.74, 6) is 0.370. The number of rotatable bonds is 4. The normalized spacial score (nSPS) is 19.6. The van der Waals surface area contributed by atoms with E-state index < -0.39 is 0 Å². The fourth-order valence-corrected chi connectivity index (χ4v) is 5.97. The predicted octanol–water partition coefficient (Wildman–Crippen LogP) is 4.10. The van der Waals surface area contributed by atoms with Gasteiger partial charge in [0.05, 0.1) is 21.5 Å². The largest absolute Gasteiger partial charge is 0.342 e. The minimum Gasteiger partial charge on any atom is -0.342 e. The smallest absolute Gasteiger partial charge is 0.227 e. The molecule has 28 heavy (non-hydrogen) atoms. The molecule has 0 aliphatic carbocycles. The van der Waals surface area contributed by atoms with Gasteiger partial charge < -0.3 is 9.80 Å². The minimum absolute atomic E-state index is 0.0459. The molecule has 1 unspecified atom stereocenters. The van der Waals surface area contributed by atoms with E-state index in [0.29, 0.717) is 19.5 Å². The van der Waals surface area contributed by atoms with Crippen LogP contribution >= 0.6 is 22.7 Å². The lowest BCUT2D eigenvalue weighted by atomic mass is 9.95. The van der Waals surface area contributed by atoms with Crippen LogP contribution in [0.15, 0.2) is 11.4 Å². The maximum atomic E-state index is 13.1. The monoisotopic (exact) mass is 417 g/mol. The zero-order chi connectivity index (χ0) is 19.7. The standard InChI is InChI=1S/C21H27N3O2S2/c1-3-5-20(25)23-8-4-6-15(11-23)21(26)24-9-7-18-16(12-24)10-19(28-18)17-13-27-14(2)22-17/h10,13,15H,3-9,11-12H2,1-2H3. The highest BCUT2D eigenvalue weighted by molar-refractivity contribution is 7.16. The molecule has 5 nitrogen and oxygen atoms in total. The van der Waals surface area contributed by atoms with Gasteiger partial charge in [-0.1, -0.05) is 6.92 Å². The molecule has 2 aliphatic heterocycles. The molecule has 0 radical (unpaired) electrons. The highest BCUT2D eigenvalue weighted by Crippen LogP contribution is 2.35. The Morgan fingerprint density at radius 2 is 2.14 bits per heavy atom. The summed E-state index contributed by atoms with van der Waals surface area (Å²) in [5.41, 5.74) is 2.32. The van der Waals surface area contributed by atoms with Gasteiger partial charge in [0.15, 0.2) is 0 Å². The van der Waals surface area contributed by atoms with E-state index in [-0.39, 0.29) is 17.7 Å². The van der Waals surface area contributed by atoms with Crippen molar-refractivity contribution in [2.75, 3.05) is 19.6 Å². The number of fused-ring (bicyclic) bond motifs is 1. The van der Waals surface area contributed by atoms with Crippen molar-refractivity contribution in [3.8, 4) is 10.6 Å². The van der Waals surface area contributed by atoms with Crippen LogP contribution in [0.2, 0.25) is 0 Å². The summed E-state index contributed by atoms with van der Waals surface area (Å²) in [4.78, 5) is 36.5. The number of nitrogens with zero attached hydrogens (tertiary/aromatic N) is 3. The molecular weight excluding hydrogens is 390 g/mol. The van der Waals surface area contributed by atoms with E-state index in [9.17, 15) is 9.59 Å². The topological polar surface area (TPSA) is 53.5 Å². The van der Waals surface area contributed by atoms with E-state index in [1.807, 2.05) is 35.0 Å². The quantitative estimate of drug-likeness (QED) is 0.752. The van der Waals surface area contributed by atoms with Gasteiger partial charge in [-0.2, -0.15) is 0 Å². The Hall–Kier alpha value is -1.73. The van der Waals surface area contributed by atoms with Crippen molar-refractivity contribution in [2.24, 2.45) is 5.92 Å². The minimum atomic E-state index is -0.0459. The van der Waals surface area contributed by atoms with E-state index in [4.69, 9.17) is 0 Å². The molecule has 1 atom stereocenters. The molecule has 0 saturated carbocycles. The van der Waals surface area contributed by atoms with Gasteiger partial charge in [0.2, 0.25) is 11.8 Å². The first-order valence-electron chi connectivity index (χ1n) is 10.2. The van der Waals surface area contributed by atoms with Crippen molar-refractivity contribution in [3.05, 3.63) is 26.9 Å². The number of hydrogen-bond acceptors (Lipinski definition) is 5. The number of hydrogen-bond donors (Lipinski definition) is 0. The molecule has 2 amide bonds. The Morgan fingerprint density at radius 1 is 1.29 bits per heavy atom. The van der Waals surface area contributed by atoms with E-state index in [0.717, 1.165) is 49.5 Å². The van der Waals surface area contributed by atoms with Crippen molar-refractivity contribution >= 4 is 34.5 Å². The number of carbonyl (C=O) groups is 2. The Bertz CT molecular complexity index is 873. The Kier molecular flexibility index (Phi) is 5.83. The van der Waals surface area contributed by atoms with Crippen LogP contribution in [0.4, 0.5) is 0 Å². The van der Waals surface area contributed by atoms with Gasteiger partial charge >= 0.3 is 0 Å². The molecule has 0 aromatic carbocycles. The van der Waals surface area contributed by atoms with Gasteiger partial charge in [-0.05, 0) is 44.2 Å². The summed E-state index contributed by atoms with van der Waals surface area (Å²) in [7, 11) is 0. The first kappa shape index (κ1) is 19.6. The van der Waals surface area contributed by atoms with E-state index in [1.54, 1.807) is 11.3 Å². The average Bonchev–Trinajstić information content (AvgIpc) is 3.33. The number of piperidine rings is 1. The molecule has 1 fully saturated rings. The van der Waals surface area contributed by atoms with Gasteiger partial charge in [-0.3, -0.25) is 9.59 Å². The predicted molar refractivity (Wildman–Crippen MR) is 113 cm³/mol. The van der Waals surface area contributed by atoms with Gasteiger partial charge in [-0.15, -0.1) is 22.7 Å². The number of aromatic nitrogens is 1. The maximum absolute atomic E-state index is 13.1. The summed E-state index contributed by atoms with van der Waals surface area (Å²) in [6, 6.07) is 2.21. The van der Waals surface area contributed by atoms with Crippen molar-refractivity contribution in [1.29, 1.82) is 0 Å². The molecule has 7 heteroatoms. The molecule has 2 aliphatic rings. The number of amides is 2. The highest BCUT2D eigenvalue weighted by Gasteiger charge is 2.32. The Balaban J connectivity index is 1.43. The number of thiophene rings is 1. The third kappa shape index (κ3) is 4.01. The van der Waals surface area contributed by atoms with Crippen molar-refractivity contribution < 1.29 is 9.59 Å². The van der Waals surface area contributed by atoms with Crippen molar-refractivity contribution in [1.82, 2.24) is 14.8 Å². The summed E-state index contributed by atoms with van der Waals surface area (Å²) < 4.78 is 0. The van der Waals surface area contributed by atoms with Gasteiger partial charge in [0.1, 0.15) is 0 Å². The Morgan fingerprint density at radius 3 is 2.89 bits per heavy atom. The van der Waals surface area contributed by atoms with Crippen LogP contribution in [-0.4, -0.2) is 46.2 Å². The van der Waals surface area contributed by atoms with Gasteiger partial charge in [-0.25, -0.2) is 4.98 Å². The summed E-state index contributed by atoms with van der Waals surface area (Å²) in [6.45, 7) is 6.91. The number of aryl methyl sites for hydroxylation is 1. The number of carbonyl (C=O) groups excluding carboxylic acids is 2. The molecule has 0 bridgehead atoms. The molecule has 1 saturated heterocycles. The lowest BCUT2D eigenvalue weighted by molar-refractivity contribution is -0.141. The zero-order valence-electron chi connectivity index (χ0n) is 16.6. The highest BCUT2D eigenvalue weighted by atomic mass is 32.1. The molecule has 4 heterocycles. The van der Waals surface area contributed by atoms with Crippen molar-refractivity contribution in [2.45, 2.75) is 52.5 Å². The summed E-state index contributed by atoms with van der Waals surface area (Å²) in [5, 5.41) is 3.19. The van der Waals surface area contributed by atoms with Gasteiger partial charge in [0, 0.05) is 42.9 Å². The van der Waals surface area contributed by atoms with Crippen LogP contribution in [-0.2, 0) is 22.6 Å². The van der Waals surface area contributed by atoms with Crippen LogP contribution in [0.3, 0.4) is 0 Å². The summed E-state index contributed by atoms with van der Waals surface area (Å²) in [6.07, 6.45) is 4.19. The lowest BCUT2D eigenvalue weighted by Gasteiger charge is -2.36. The molecule has 4 rings (SSSR count). The molecule has 2 aromatic heterocycles. The van der Waals surface area contributed by atoms with Crippen molar-refractivity contribution in [3.63, 3.8) is 0 Å². The lowest BCUT2D eigenvalue weighted by Crippen LogP contribution is -2.47. The SMILES string of the molecule is CCCC(=O)N1CCCC(C(=O)N2CCc3sc(-c4csc(C)n4)cc3C2)C1. The maximum Gasteiger partial charge on any atom is 0.227 e. The second-order valence-corrected chi connectivity index (χ2v) is 9.95. The van der Waals surface area contributed by atoms with Crippen LogP contribution in [0, 0.1) is 12.8 Å². The second kappa shape index (κ2) is 8.33. The zero-order valence-corrected chi connectivity index (χ0v) is 18.2. The van der Waals surface area contributed by atoms with E-state index in [2.05, 4.69) is 16.4 Å². The van der Waals surface area contributed by atoms with Crippen LogP contribution in [0.5, 0.6) is 0 Å². The van der Waals surface area contributed by atoms with Crippen LogP contribution < -0.4 is 0 Å². The fraction of sp³-hybridized carbons (Fsp3) is 0.571. The summed E-state index contributed by atoms with van der Waals surface area (Å²) >= 11 is 3.49. The molecule has 150 valence electrons. The first-order chi connectivity index (χ1) is 13.5.